The fourth-order valence-electron chi connectivity index (χ4n) is 0.488. The van der Waals surface area contributed by atoms with Gasteiger partial charge in [0.25, 0.3) is 0 Å². The quantitative estimate of drug-likeness (QED) is 0.476. The number of nitrogens with two attached hydrogens (primary N) is 1. The minimum atomic E-state index is -0.922. The van der Waals surface area contributed by atoms with E-state index in [1.165, 1.54) is 0 Å². The van der Waals surface area contributed by atoms with Gasteiger partial charge in [-0.15, -0.1) is 11.8 Å². The molecule has 0 aromatic carbocycles. The van der Waals surface area contributed by atoms with Crippen molar-refractivity contribution >= 4 is 8.07 Å². The Morgan fingerprint density at radius 1 is 1.20 bits per heavy atom. The van der Waals surface area contributed by atoms with Crippen LogP contribution in [0, 0.1) is 11.8 Å². The number of hydrogen-bond donors (Lipinski definition) is 1. The molecular formula is C8H17NSi. The molecule has 0 atom stereocenters. The molecule has 58 valence electrons. The lowest BCUT2D eigenvalue weighted by atomic mass is 10.4. The second-order valence-corrected chi connectivity index (χ2v) is 9.10. The molecule has 0 radical (unpaired) electrons. The highest BCUT2D eigenvalue weighted by Crippen LogP contribution is 2.05. The minimum absolute atomic E-state index is 0.693. The van der Waals surface area contributed by atoms with Gasteiger partial charge in [-0.1, -0.05) is 19.6 Å². The smallest absolute Gasteiger partial charge is 0.0573 e. The molecule has 2 N–H and O–H groups in total. The monoisotopic (exact) mass is 155 g/mol. The molecular weight excluding hydrogens is 138 g/mol. The SMILES string of the molecule is C[Si](C)(C)CC#CCCN. The van der Waals surface area contributed by atoms with Gasteiger partial charge in [-0.2, -0.15) is 0 Å². The average molecular weight is 155 g/mol. The van der Waals surface area contributed by atoms with E-state index in [1.807, 2.05) is 0 Å². The Morgan fingerprint density at radius 2 is 1.80 bits per heavy atom. The van der Waals surface area contributed by atoms with Crippen molar-refractivity contribution in [2.45, 2.75) is 32.1 Å². The van der Waals surface area contributed by atoms with E-state index in [-0.39, 0.29) is 0 Å². The third kappa shape index (κ3) is 7.74. The lowest BCUT2D eigenvalue weighted by Gasteiger charge is -2.09. The third-order valence-corrected chi connectivity index (χ3v) is 2.25. The maximum Gasteiger partial charge on any atom is 0.0573 e. The Hall–Kier alpha value is -0.263. The Kier molecular flexibility index (Phi) is 4.42. The van der Waals surface area contributed by atoms with E-state index in [0.29, 0.717) is 6.54 Å². The van der Waals surface area contributed by atoms with Crippen LogP contribution in [0.3, 0.4) is 0 Å². The first-order chi connectivity index (χ1) is 4.56. The van der Waals surface area contributed by atoms with Crippen molar-refractivity contribution in [1.82, 2.24) is 0 Å². The van der Waals surface area contributed by atoms with E-state index in [2.05, 4.69) is 31.5 Å². The molecule has 10 heavy (non-hydrogen) atoms. The highest BCUT2D eigenvalue weighted by molar-refractivity contribution is 6.76. The molecule has 0 fully saturated rings. The largest absolute Gasteiger partial charge is 0.330 e. The van der Waals surface area contributed by atoms with Gasteiger partial charge in [0.05, 0.1) is 8.07 Å². The fourth-order valence-corrected chi connectivity index (χ4v) is 1.14. The van der Waals surface area contributed by atoms with E-state index in [0.717, 1.165) is 12.5 Å². The summed E-state index contributed by atoms with van der Waals surface area (Å²) in [5.41, 5.74) is 5.29. The molecule has 1 nitrogen and oxygen atoms in total. The van der Waals surface area contributed by atoms with Gasteiger partial charge in [0.15, 0.2) is 0 Å². The van der Waals surface area contributed by atoms with Crippen molar-refractivity contribution in [1.29, 1.82) is 0 Å². The number of rotatable bonds is 2. The van der Waals surface area contributed by atoms with Crippen molar-refractivity contribution in [2.24, 2.45) is 5.73 Å². The highest BCUT2D eigenvalue weighted by Gasteiger charge is 2.09. The van der Waals surface area contributed by atoms with E-state index in [9.17, 15) is 0 Å². The van der Waals surface area contributed by atoms with Gasteiger partial charge in [0.2, 0.25) is 0 Å². The molecule has 0 aliphatic rings. The van der Waals surface area contributed by atoms with Gasteiger partial charge >= 0.3 is 0 Å². The Morgan fingerprint density at radius 3 is 2.20 bits per heavy atom. The van der Waals surface area contributed by atoms with Crippen molar-refractivity contribution in [3.8, 4) is 11.8 Å². The predicted molar refractivity (Wildman–Crippen MR) is 49.6 cm³/mol. The van der Waals surface area contributed by atoms with Gasteiger partial charge in [-0.05, 0) is 0 Å². The van der Waals surface area contributed by atoms with Crippen molar-refractivity contribution in [3.05, 3.63) is 0 Å². The second kappa shape index (κ2) is 4.54. The summed E-state index contributed by atoms with van der Waals surface area (Å²) in [6, 6.07) is 1.10. The maximum atomic E-state index is 5.29. The lowest BCUT2D eigenvalue weighted by Crippen LogP contribution is -2.17. The van der Waals surface area contributed by atoms with E-state index >= 15 is 0 Å². The molecule has 2 heteroatoms. The summed E-state index contributed by atoms with van der Waals surface area (Å²) in [5, 5.41) is 0. The molecule has 0 amide bonds. The van der Waals surface area contributed by atoms with E-state index in [4.69, 9.17) is 5.73 Å². The molecule has 0 bridgehead atoms. The highest BCUT2D eigenvalue weighted by atomic mass is 28.3. The van der Waals surface area contributed by atoms with Crippen LogP contribution in [0.15, 0.2) is 0 Å². The molecule has 0 spiro atoms. The first kappa shape index (κ1) is 9.74. The van der Waals surface area contributed by atoms with Crippen LogP contribution in [0.25, 0.3) is 0 Å². The fraction of sp³-hybridized carbons (Fsp3) is 0.750. The Balaban J connectivity index is 3.46. The summed E-state index contributed by atoms with van der Waals surface area (Å²) in [6.45, 7) is 7.66. The summed E-state index contributed by atoms with van der Waals surface area (Å²) in [6.07, 6.45) is 0.852. The number of hydrogen-bond acceptors (Lipinski definition) is 1. The molecule has 0 aromatic heterocycles. The topological polar surface area (TPSA) is 26.0 Å². The van der Waals surface area contributed by atoms with Gasteiger partial charge in [-0.25, -0.2) is 0 Å². The Labute approximate surface area is 65.0 Å². The molecule has 0 rings (SSSR count). The molecule has 0 unspecified atom stereocenters. The predicted octanol–water partition coefficient (Wildman–Crippen LogP) is 1.68. The van der Waals surface area contributed by atoms with Gasteiger partial charge < -0.3 is 5.73 Å². The average Bonchev–Trinajstić information content (AvgIpc) is 1.78. The van der Waals surface area contributed by atoms with E-state index in [1.54, 1.807) is 0 Å². The van der Waals surface area contributed by atoms with Crippen LogP contribution >= 0.6 is 0 Å². The zero-order valence-electron chi connectivity index (χ0n) is 7.20. The Bertz CT molecular complexity index is 136. The summed E-state index contributed by atoms with van der Waals surface area (Å²) >= 11 is 0. The van der Waals surface area contributed by atoms with Crippen LogP contribution in [-0.2, 0) is 0 Å². The summed E-state index contributed by atoms with van der Waals surface area (Å²) in [7, 11) is -0.922. The molecule has 0 aliphatic heterocycles. The molecule has 0 heterocycles. The molecule has 0 saturated carbocycles. The minimum Gasteiger partial charge on any atom is -0.330 e. The standard InChI is InChI=1S/C8H17NSi/c1-10(2,3)8-6-4-5-7-9/h5,7-9H2,1-3H3. The first-order valence-electron chi connectivity index (χ1n) is 3.72. The van der Waals surface area contributed by atoms with Gasteiger partial charge in [-0.3, -0.25) is 0 Å². The van der Waals surface area contributed by atoms with Gasteiger partial charge in [0.1, 0.15) is 0 Å². The van der Waals surface area contributed by atoms with Crippen LogP contribution in [0.1, 0.15) is 6.42 Å². The van der Waals surface area contributed by atoms with Crippen LogP contribution in [0.4, 0.5) is 0 Å². The first-order valence-corrected chi connectivity index (χ1v) is 7.43. The van der Waals surface area contributed by atoms with Crippen molar-refractivity contribution < 1.29 is 0 Å². The lowest BCUT2D eigenvalue weighted by molar-refractivity contribution is 1.03. The third-order valence-electron chi connectivity index (χ3n) is 1.01. The van der Waals surface area contributed by atoms with Crippen LogP contribution in [-0.4, -0.2) is 14.6 Å². The molecule has 0 saturated heterocycles. The summed E-state index contributed by atoms with van der Waals surface area (Å²) < 4.78 is 0. The van der Waals surface area contributed by atoms with Gasteiger partial charge in [0, 0.05) is 19.0 Å². The summed E-state index contributed by atoms with van der Waals surface area (Å²) in [5.74, 6) is 6.21. The van der Waals surface area contributed by atoms with Crippen LogP contribution < -0.4 is 5.73 Å². The van der Waals surface area contributed by atoms with Crippen molar-refractivity contribution in [3.63, 3.8) is 0 Å². The normalized spacial score (nSPS) is 10.4. The van der Waals surface area contributed by atoms with E-state index < -0.39 is 8.07 Å². The summed E-state index contributed by atoms with van der Waals surface area (Å²) in [4.78, 5) is 0. The van der Waals surface area contributed by atoms with Crippen LogP contribution in [0.2, 0.25) is 25.7 Å². The molecule has 0 aromatic rings. The maximum absolute atomic E-state index is 5.29. The molecule has 0 aliphatic carbocycles. The zero-order chi connectivity index (χ0) is 8.04. The van der Waals surface area contributed by atoms with Crippen molar-refractivity contribution in [2.75, 3.05) is 6.54 Å². The second-order valence-electron chi connectivity index (χ2n) is 3.63. The zero-order valence-corrected chi connectivity index (χ0v) is 8.20. The van der Waals surface area contributed by atoms with Crippen LogP contribution in [0.5, 0.6) is 0 Å².